The minimum atomic E-state index is -1.50. The van der Waals surface area contributed by atoms with Gasteiger partial charge >= 0.3 is 59.1 Å². The molecule has 0 atom stereocenters. The van der Waals surface area contributed by atoms with E-state index in [9.17, 15) is 0 Å². The molecule has 0 fully saturated rings. The van der Waals surface area contributed by atoms with Crippen molar-refractivity contribution in [3.8, 4) is 0 Å². The van der Waals surface area contributed by atoms with Crippen LogP contribution in [0.4, 0.5) is 0 Å². The van der Waals surface area contributed by atoms with E-state index in [4.69, 9.17) is 10.2 Å². The Balaban J connectivity index is -0.00000000214. The fourth-order valence-corrected chi connectivity index (χ4v) is 0. The Morgan fingerprint density at radius 1 is 0.727 bits per heavy atom. The molecule has 0 saturated carbocycles. The molecular formula is CH10Na2O7S. The van der Waals surface area contributed by atoms with Gasteiger partial charge in [-0.15, -0.1) is 17.5 Å². The van der Waals surface area contributed by atoms with Crippen molar-refractivity contribution >= 4 is 17.5 Å². The average Bonchev–Trinajstić information content (AvgIpc) is 0.811. The third-order valence-corrected chi connectivity index (χ3v) is 0. The van der Waals surface area contributed by atoms with E-state index in [0.717, 1.165) is 0 Å². The number of thiocarbonyl (C=S) groups is 1. The van der Waals surface area contributed by atoms with Crippen LogP contribution < -0.4 is 69.3 Å². The molecule has 0 saturated heterocycles. The summed E-state index contributed by atoms with van der Waals surface area (Å²) < 4.78 is 0. The van der Waals surface area contributed by atoms with Gasteiger partial charge in [-0.25, -0.2) is 0 Å². The Morgan fingerprint density at radius 3 is 0.727 bits per heavy atom. The van der Waals surface area contributed by atoms with Gasteiger partial charge in [0, 0.05) is 0 Å². The molecule has 0 aliphatic heterocycles. The summed E-state index contributed by atoms with van der Waals surface area (Å²) in [4.78, 5) is 0. The Labute approximate surface area is 113 Å². The summed E-state index contributed by atoms with van der Waals surface area (Å²) in [5, 5.41) is 15.9. The fourth-order valence-electron chi connectivity index (χ4n) is 0. The third-order valence-electron chi connectivity index (χ3n) is 0. The number of hydrogen-bond donors (Lipinski definition) is 0. The molecule has 0 rings (SSSR count). The van der Waals surface area contributed by atoms with Crippen LogP contribution in [0, 0.1) is 0 Å². The maximum atomic E-state index is 8.70. The Morgan fingerprint density at radius 2 is 0.727 bits per heavy atom. The second-order valence-electron chi connectivity index (χ2n) is 0.250. The van der Waals surface area contributed by atoms with Crippen molar-refractivity contribution in [2.75, 3.05) is 0 Å². The molecule has 0 bridgehead atoms. The van der Waals surface area contributed by atoms with Crippen LogP contribution in [0.5, 0.6) is 0 Å². The van der Waals surface area contributed by atoms with Gasteiger partial charge in [-0.05, 0) is 0 Å². The molecule has 10 N–H and O–H groups in total. The molecule has 0 heterocycles. The standard InChI is InChI=1S/CH2O2S.2Na.5H2O/c2-1(3)4;;;;;;;/h(H2,2,3,4);;;5*1H2/q;2*+1;;;;;/p-2. The zero-order valence-electron chi connectivity index (χ0n) is 6.22. The Hall–Kier alpha value is 1.49. The molecule has 0 aliphatic carbocycles. The smallest absolute Gasteiger partial charge is 0.876 e. The van der Waals surface area contributed by atoms with Crippen molar-refractivity contribution < 1.29 is 96.7 Å². The summed E-state index contributed by atoms with van der Waals surface area (Å²) >= 11 is 3.43. The van der Waals surface area contributed by atoms with Crippen molar-refractivity contribution in [2.24, 2.45) is 0 Å². The molecule has 0 amide bonds. The second-order valence-corrected chi connectivity index (χ2v) is 0.583. The summed E-state index contributed by atoms with van der Waals surface area (Å²) in [7, 11) is 0. The van der Waals surface area contributed by atoms with E-state index in [0.29, 0.717) is 0 Å². The van der Waals surface area contributed by atoms with Gasteiger partial charge in [0.2, 0.25) is 0 Å². The van der Waals surface area contributed by atoms with E-state index in [-0.39, 0.29) is 86.5 Å². The fraction of sp³-hybridized carbons (Fsp3) is 0. The van der Waals surface area contributed by atoms with Crippen molar-refractivity contribution in [1.29, 1.82) is 0 Å². The summed E-state index contributed by atoms with van der Waals surface area (Å²) in [6.45, 7) is 0. The molecule has 64 valence electrons. The number of rotatable bonds is 0. The van der Waals surface area contributed by atoms with Crippen LogP contribution in [0.2, 0.25) is 0 Å². The van der Waals surface area contributed by atoms with Crippen LogP contribution in [0.15, 0.2) is 0 Å². The minimum Gasteiger partial charge on any atom is -0.876 e. The molecule has 7 nitrogen and oxygen atoms in total. The third kappa shape index (κ3) is 466. The van der Waals surface area contributed by atoms with Gasteiger partial charge in [0.25, 0.3) is 0 Å². The van der Waals surface area contributed by atoms with Crippen LogP contribution in [-0.2, 0) is 0 Å². The summed E-state index contributed by atoms with van der Waals surface area (Å²) in [6.07, 6.45) is 0. The van der Waals surface area contributed by atoms with Crippen molar-refractivity contribution in [1.82, 2.24) is 0 Å². The van der Waals surface area contributed by atoms with Crippen LogP contribution in [0.25, 0.3) is 0 Å². The molecule has 0 aromatic carbocycles. The van der Waals surface area contributed by atoms with Crippen molar-refractivity contribution in [3.05, 3.63) is 0 Å². The Kier molecular flexibility index (Phi) is 466. The van der Waals surface area contributed by atoms with Gasteiger partial charge < -0.3 is 37.6 Å². The zero-order chi connectivity index (χ0) is 3.58. The maximum Gasteiger partial charge on any atom is 1.00 e. The van der Waals surface area contributed by atoms with Crippen LogP contribution in [-0.4, -0.2) is 32.6 Å². The molecule has 0 aliphatic rings. The van der Waals surface area contributed by atoms with Gasteiger partial charge in [-0.2, -0.15) is 0 Å². The van der Waals surface area contributed by atoms with Gasteiger partial charge in [-0.1, -0.05) is 0 Å². The second kappa shape index (κ2) is 62.7. The zero-order valence-corrected chi connectivity index (χ0v) is 11.0. The SMILES string of the molecule is O.O.O.O.O.[Na+].[Na+].[O-]C([O-])=S. The molecular weight excluding hydrogens is 202 g/mol. The van der Waals surface area contributed by atoms with Crippen molar-refractivity contribution in [3.63, 3.8) is 0 Å². The van der Waals surface area contributed by atoms with Gasteiger partial charge in [0.05, 0.1) is 0 Å². The minimum absolute atomic E-state index is 0. The maximum absolute atomic E-state index is 8.70. The van der Waals surface area contributed by atoms with Gasteiger partial charge in [0.1, 0.15) is 0 Å². The first-order chi connectivity index (χ1) is 1.73. The van der Waals surface area contributed by atoms with Crippen LogP contribution >= 0.6 is 12.2 Å². The predicted octanol–water partition coefficient (Wildman–Crippen LogP) is -12.1. The normalized spacial score (nSPS) is 2.18. The van der Waals surface area contributed by atoms with E-state index in [1.165, 1.54) is 0 Å². The largest absolute Gasteiger partial charge is 1.00 e. The molecule has 0 unspecified atom stereocenters. The van der Waals surface area contributed by atoms with E-state index in [1.807, 2.05) is 0 Å². The average molecular weight is 212 g/mol. The first kappa shape index (κ1) is 81.8. The van der Waals surface area contributed by atoms with Crippen molar-refractivity contribution in [2.45, 2.75) is 0 Å². The summed E-state index contributed by atoms with van der Waals surface area (Å²) in [5.41, 5.74) is 0. The molecule has 0 aromatic rings. The first-order valence-corrected chi connectivity index (χ1v) is 1.02. The molecule has 0 radical (unpaired) electrons. The van der Waals surface area contributed by atoms with Gasteiger partial charge in [0.15, 0.2) is 0 Å². The topological polar surface area (TPSA) is 204 Å². The quantitative estimate of drug-likeness (QED) is 0.283. The molecule has 11 heavy (non-hydrogen) atoms. The number of hydrogen-bond acceptors (Lipinski definition) is 3. The van der Waals surface area contributed by atoms with Crippen LogP contribution in [0.1, 0.15) is 0 Å². The summed E-state index contributed by atoms with van der Waals surface area (Å²) in [5.74, 6) is 0. The molecule has 0 spiro atoms. The molecule has 10 heteroatoms. The van der Waals surface area contributed by atoms with E-state index < -0.39 is 5.24 Å². The molecule has 0 aromatic heterocycles. The van der Waals surface area contributed by atoms with E-state index in [2.05, 4.69) is 12.2 Å². The van der Waals surface area contributed by atoms with Gasteiger partial charge in [-0.3, -0.25) is 0 Å². The van der Waals surface area contributed by atoms with E-state index in [1.54, 1.807) is 0 Å². The predicted molar refractivity (Wildman–Crippen MR) is 30.7 cm³/mol. The Bertz CT molecular complexity index is 39.4. The summed E-state index contributed by atoms with van der Waals surface area (Å²) in [6, 6.07) is 0. The first-order valence-electron chi connectivity index (χ1n) is 0.612. The monoisotopic (exact) mass is 212 g/mol. The van der Waals surface area contributed by atoms with Crippen LogP contribution in [0.3, 0.4) is 0 Å². The van der Waals surface area contributed by atoms with E-state index >= 15 is 0 Å².